The molecule has 0 aromatic heterocycles. The zero-order valence-corrected chi connectivity index (χ0v) is 11.0. The Kier molecular flexibility index (Phi) is 4.34. The van der Waals surface area contributed by atoms with E-state index < -0.39 is 11.7 Å². The van der Waals surface area contributed by atoms with Gasteiger partial charge in [-0.25, -0.2) is 0 Å². The van der Waals surface area contributed by atoms with Crippen molar-refractivity contribution in [1.29, 1.82) is 0 Å². The highest BCUT2D eigenvalue weighted by atomic mass is 19.4. The molecule has 1 aromatic rings. The van der Waals surface area contributed by atoms with Crippen LogP contribution in [-0.4, -0.2) is 25.7 Å². The Morgan fingerprint density at radius 2 is 2.05 bits per heavy atom. The predicted molar refractivity (Wildman–Crippen MR) is 70.4 cm³/mol. The van der Waals surface area contributed by atoms with E-state index in [0.29, 0.717) is 11.7 Å². The van der Waals surface area contributed by atoms with Gasteiger partial charge < -0.3 is 10.2 Å². The minimum Gasteiger partial charge on any atom is -0.371 e. The third-order valence-corrected chi connectivity index (χ3v) is 3.47. The third kappa shape index (κ3) is 3.86. The van der Waals surface area contributed by atoms with E-state index in [0.717, 1.165) is 38.5 Å². The smallest absolute Gasteiger partial charge is 0.371 e. The first-order valence-corrected chi connectivity index (χ1v) is 6.62. The maximum absolute atomic E-state index is 12.7. The van der Waals surface area contributed by atoms with Crippen molar-refractivity contribution in [2.75, 3.05) is 24.5 Å². The molecule has 0 radical (unpaired) electrons. The van der Waals surface area contributed by atoms with Crippen LogP contribution >= 0.6 is 0 Å². The van der Waals surface area contributed by atoms with Crippen molar-refractivity contribution in [2.24, 2.45) is 0 Å². The zero-order valence-electron chi connectivity index (χ0n) is 11.0. The number of hydrogen-bond acceptors (Lipinski definition) is 2. The second-order valence-electron chi connectivity index (χ2n) is 5.03. The van der Waals surface area contributed by atoms with Crippen LogP contribution in [0.3, 0.4) is 0 Å². The maximum Gasteiger partial charge on any atom is 0.416 e. The Morgan fingerprint density at radius 3 is 2.79 bits per heavy atom. The second-order valence-corrected chi connectivity index (χ2v) is 5.03. The van der Waals surface area contributed by atoms with E-state index in [4.69, 9.17) is 0 Å². The van der Waals surface area contributed by atoms with Gasteiger partial charge in [0.2, 0.25) is 0 Å². The van der Waals surface area contributed by atoms with Crippen molar-refractivity contribution in [2.45, 2.75) is 32.0 Å². The number of nitrogens with zero attached hydrogens (tertiary/aromatic N) is 1. The van der Waals surface area contributed by atoms with E-state index in [1.165, 1.54) is 12.1 Å². The van der Waals surface area contributed by atoms with Crippen LogP contribution < -0.4 is 10.2 Å². The van der Waals surface area contributed by atoms with Crippen molar-refractivity contribution >= 4 is 5.69 Å². The molecule has 0 spiro atoms. The Labute approximate surface area is 111 Å². The van der Waals surface area contributed by atoms with E-state index in [9.17, 15) is 13.2 Å². The van der Waals surface area contributed by atoms with Crippen molar-refractivity contribution in [3.63, 3.8) is 0 Å². The van der Waals surface area contributed by atoms with Crippen molar-refractivity contribution in [3.8, 4) is 0 Å². The minimum absolute atomic E-state index is 0.411. The number of halogens is 3. The molecule has 1 fully saturated rings. The summed E-state index contributed by atoms with van der Waals surface area (Å²) in [6, 6.07) is 6.03. The van der Waals surface area contributed by atoms with Crippen LogP contribution in [0.15, 0.2) is 24.3 Å². The first kappa shape index (κ1) is 14.2. The number of benzene rings is 1. The lowest BCUT2D eigenvalue weighted by atomic mass is 10.1. The molecule has 1 N–H and O–H groups in total. The second kappa shape index (κ2) is 5.82. The molecule has 0 amide bonds. The van der Waals surface area contributed by atoms with Gasteiger partial charge in [0, 0.05) is 24.8 Å². The molecular weight excluding hydrogens is 253 g/mol. The lowest BCUT2D eigenvalue weighted by molar-refractivity contribution is -0.137. The third-order valence-electron chi connectivity index (χ3n) is 3.47. The summed E-state index contributed by atoms with van der Waals surface area (Å²) in [5, 5.41) is 3.39. The van der Waals surface area contributed by atoms with Gasteiger partial charge >= 0.3 is 6.18 Å². The number of hydrogen-bond donors (Lipinski definition) is 1. The van der Waals surface area contributed by atoms with Gasteiger partial charge in [-0.3, -0.25) is 0 Å². The Bertz CT molecular complexity index is 417. The van der Waals surface area contributed by atoms with Crippen molar-refractivity contribution < 1.29 is 13.2 Å². The van der Waals surface area contributed by atoms with Crippen LogP contribution in [0, 0.1) is 0 Å². The Balaban J connectivity index is 2.15. The van der Waals surface area contributed by atoms with Crippen molar-refractivity contribution in [1.82, 2.24) is 5.32 Å². The number of nitrogens with one attached hydrogen (secondary N) is 1. The van der Waals surface area contributed by atoms with Gasteiger partial charge in [0.25, 0.3) is 0 Å². The van der Waals surface area contributed by atoms with Crippen molar-refractivity contribution in [3.05, 3.63) is 29.8 Å². The summed E-state index contributed by atoms with van der Waals surface area (Å²) in [7, 11) is 0. The highest BCUT2D eigenvalue weighted by Crippen LogP contribution is 2.31. The average Bonchev–Trinajstić information content (AvgIpc) is 2.34. The lowest BCUT2D eigenvalue weighted by Gasteiger charge is -2.30. The molecule has 0 aliphatic carbocycles. The Hall–Kier alpha value is -1.23. The summed E-state index contributed by atoms with van der Waals surface area (Å²) in [5.74, 6) is 0. The summed E-state index contributed by atoms with van der Waals surface area (Å²) >= 11 is 0. The first-order valence-electron chi connectivity index (χ1n) is 6.62. The summed E-state index contributed by atoms with van der Waals surface area (Å²) in [5.41, 5.74) is 0.0992. The number of rotatable bonds is 1. The highest BCUT2D eigenvalue weighted by Gasteiger charge is 2.30. The van der Waals surface area contributed by atoms with E-state index in [2.05, 4.69) is 12.2 Å². The molecule has 19 heavy (non-hydrogen) atoms. The maximum atomic E-state index is 12.7. The van der Waals surface area contributed by atoms with Crippen LogP contribution in [0.4, 0.5) is 18.9 Å². The van der Waals surface area contributed by atoms with Crippen LogP contribution in [-0.2, 0) is 6.18 Å². The molecule has 106 valence electrons. The topological polar surface area (TPSA) is 15.3 Å². The lowest BCUT2D eigenvalue weighted by Crippen LogP contribution is -2.38. The molecular formula is C14H19F3N2. The predicted octanol–water partition coefficient (Wildman–Crippen LogP) is 3.28. The first-order chi connectivity index (χ1) is 8.97. The van der Waals surface area contributed by atoms with Crippen LogP contribution in [0.5, 0.6) is 0 Å². The summed E-state index contributed by atoms with van der Waals surface area (Å²) in [6.45, 7) is 4.60. The highest BCUT2D eigenvalue weighted by molar-refractivity contribution is 5.49. The largest absolute Gasteiger partial charge is 0.416 e. The number of alkyl halides is 3. The van der Waals surface area contributed by atoms with E-state index in [1.807, 2.05) is 4.90 Å². The van der Waals surface area contributed by atoms with Gasteiger partial charge in [0.1, 0.15) is 0 Å². The fraction of sp³-hybridized carbons (Fsp3) is 0.571. The minimum atomic E-state index is -4.27. The molecule has 2 rings (SSSR count). The standard InChI is InChI=1S/C14H19F3N2/c1-11-6-9-19(8-3-7-18-11)13-5-2-4-12(10-13)14(15,16)17/h2,4-5,10-11,18H,3,6-9H2,1H3. The van der Waals surface area contributed by atoms with Crippen LogP contribution in [0.1, 0.15) is 25.3 Å². The summed E-state index contributed by atoms with van der Waals surface area (Å²) in [6.07, 6.45) is -2.38. The molecule has 5 heteroatoms. The normalized spacial score (nSPS) is 21.9. The summed E-state index contributed by atoms with van der Waals surface area (Å²) < 4.78 is 38.1. The molecule has 1 aromatic carbocycles. The zero-order chi connectivity index (χ0) is 13.9. The van der Waals surface area contributed by atoms with E-state index in [1.54, 1.807) is 6.07 Å². The molecule has 1 unspecified atom stereocenters. The van der Waals surface area contributed by atoms with Crippen LogP contribution in [0.25, 0.3) is 0 Å². The molecule has 2 nitrogen and oxygen atoms in total. The quantitative estimate of drug-likeness (QED) is 0.844. The van der Waals surface area contributed by atoms with Gasteiger partial charge in [-0.1, -0.05) is 6.07 Å². The summed E-state index contributed by atoms with van der Waals surface area (Å²) in [4.78, 5) is 2.05. The van der Waals surface area contributed by atoms with Crippen LogP contribution in [0.2, 0.25) is 0 Å². The average molecular weight is 272 g/mol. The molecule has 0 bridgehead atoms. The van der Waals surface area contributed by atoms with Gasteiger partial charge in [0.15, 0.2) is 0 Å². The monoisotopic (exact) mass is 272 g/mol. The van der Waals surface area contributed by atoms with E-state index >= 15 is 0 Å². The molecule has 1 atom stereocenters. The fourth-order valence-corrected chi connectivity index (χ4v) is 2.32. The van der Waals surface area contributed by atoms with Gasteiger partial charge in [-0.15, -0.1) is 0 Å². The Morgan fingerprint density at radius 1 is 1.26 bits per heavy atom. The van der Waals surface area contributed by atoms with Gasteiger partial charge in [-0.05, 0) is 44.5 Å². The molecule has 1 aliphatic heterocycles. The molecule has 1 saturated heterocycles. The fourth-order valence-electron chi connectivity index (χ4n) is 2.32. The van der Waals surface area contributed by atoms with Gasteiger partial charge in [-0.2, -0.15) is 13.2 Å². The molecule has 1 heterocycles. The SMILES string of the molecule is CC1CCN(c2cccc(C(F)(F)F)c2)CCCN1. The van der Waals surface area contributed by atoms with E-state index in [-0.39, 0.29) is 0 Å². The van der Waals surface area contributed by atoms with Gasteiger partial charge in [0.05, 0.1) is 5.56 Å². The number of anilines is 1. The molecule has 1 aliphatic rings. The molecule has 0 saturated carbocycles.